The van der Waals surface area contributed by atoms with Gasteiger partial charge in [0.1, 0.15) is 0 Å². The van der Waals surface area contributed by atoms with Crippen molar-refractivity contribution in [3.05, 3.63) is 29.3 Å². The zero-order valence-electron chi connectivity index (χ0n) is 11.2. The van der Waals surface area contributed by atoms with Crippen molar-refractivity contribution in [2.24, 2.45) is 11.7 Å². The van der Waals surface area contributed by atoms with Gasteiger partial charge in [0.2, 0.25) is 0 Å². The number of benzene rings is 1. The summed E-state index contributed by atoms with van der Waals surface area (Å²) >= 11 is 0. The fourth-order valence-corrected chi connectivity index (χ4v) is 3.05. The Balaban J connectivity index is 2.34. The molecule has 0 aromatic heterocycles. The summed E-state index contributed by atoms with van der Waals surface area (Å²) in [5.74, 6) is 0.652. The van der Waals surface area contributed by atoms with Crippen LogP contribution in [0.5, 0.6) is 0 Å². The monoisotopic (exact) mass is 232 g/mol. The Bertz CT molecular complexity index is 387. The molecule has 1 fully saturated rings. The van der Waals surface area contributed by atoms with Crippen molar-refractivity contribution < 1.29 is 0 Å². The third kappa shape index (κ3) is 2.19. The number of aryl methyl sites for hydroxylation is 2. The summed E-state index contributed by atoms with van der Waals surface area (Å²) < 4.78 is 0. The maximum Gasteiger partial charge on any atom is 0.0430 e. The first-order valence-electron chi connectivity index (χ1n) is 6.74. The number of anilines is 1. The second-order valence-corrected chi connectivity index (χ2v) is 5.15. The van der Waals surface area contributed by atoms with Gasteiger partial charge in [-0.1, -0.05) is 25.1 Å². The zero-order chi connectivity index (χ0) is 12.4. The summed E-state index contributed by atoms with van der Waals surface area (Å²) in [5, 5.41) is 0. The van der Waals surface area contributed by atoms with Gasteiger partial charge in [-0.25, -0.2) is 0 Å². The first-order valence-corrected chi connectivity index (χ1v) is 6.74. The summed E-state index contributed by atoms with van der Waals surface area (Å²) in [6.07, 6.45) is 2.34. The third-order valence-electron chi connectivity index (χ3n) is 4.21. The number of rotatable bonds is 3. The average Bonchev–Trinajstić information content (AvgIpc) is 2.70. The zero-order valence-corrected chi connectivity index (χ0v) is 11.2. The maximum absolute atomic E-state index is 5.85. The topological polar surface area (TPSA) is 29.3 Å². The fourth-order valence-electron chi connectivity index (χ4n) is 3.05. The Kier molecular flexibility index (Phi) is 3.72. The van der Waals surface area contributed by atoms with Crippen molar-refractivity contribution in [1.29, 1.82) is 0 Å². The van der Waals surface area contributed by atoms with Crippen LogP contribution in [-0.4, -0.2) is 19.1 Å². The number of hydrogen-bond acceptors (Lipinski definition) is 2. The first kappa shape index (κ1) is 12.4. The molecule has 2 unspecified atom stereocenters. The summed E-state index contributed by atoms with van der Waals surface area (Å²) in [5.41, 5.74) is 10.2. The highest BCUT2D eigenvalue weighted by atomic mass is 15.2. The van der Waals surface area contributed by atoms with Crippen LogP contribution in [0.2, 0.25) is 0 Å². The minimum absolute atomic E-state index is 0.575. The van der Waals surface area contributed by atoms with Crippen LogP contribution < -0.4 is 10.6 Å². The highest BCUT2D eigenvalue weighted by molar-refractivity contribution is 5.60. The van der Waals surface area contributed by atoms with Gasteiger partial charge in [-0.15, -0.1) is 0 Å². The van der Waals surface area contributed by atoms with E-state index in [0.717, 1.165) is 19.5 Å². The van der Waals surface area contributed by atoms with E-state index in [4.69, 9.17) is 5.73 Å². The molecule has 0 radical (unpaired) electrons. The van der Waals surface area contributed by atoms with Crippen molar-refractivity contribution >= 4 is 5.69 Å². The Labute approximate surface area is 105 Å². The number of para-hydroxylation sites is 1. The second-order valence-electron chi connectivity index (χ2n) is 5.15. The minimum Gasteiger partial charge on any atom is -0.368 e. The molecule has 1 aromatic carbocycles. The van der Waals surface area contributed by atoms with Gasteiger partial charge in [0, 0.05) is 18.3 Å². The molecule has 17 heavy (non-hydrogen) atoms. The van der Waals surface area contributed by atoms with Gasteiger partial charge in [0.25, 0.3) is 0 Å². The third-order valence-corrected chi connectivity index (χ3v) is 4.21. The molecule has 0 saturated carbocycles. The predicted molar refractivity (Wildman–Crippen MR) is 74.5 cm³/mol. The van der Waals surface area contributed by atoms with E-state index in [2.05, 4.69) is 43.9 Å². The van der Waals surface area contributed by atoms with E-state index in [-0.39, 0.29) is 0 Å². The molecule has 0 amide bonds. The van der Waals surface area contributed by atoms with Crippen LogP contribution in [0, 0.1) is 12.8 Å². The Morgan fingerprint density at radius 3 is 2.76 bits per heavy atom. The molecule has 2 rings (SSSR count). The molecule has 2 N–H and O–H groups in total. The maximum atomic E-state index is 5.85. The van der Waals surface area contributed by atoms with Crippen LogP contribution in [0.25, 0.3) is 0 Å². The number of nitrogens with zero attached hydrogens (tertiary/aromatic N) is 1. The van der Waals surface area contributed by atoms with E-state index in [9.17, 15) is 0 Å². The molecule has 0 bridgehead atoms. The van der Waals surface area contributed by atoms with Gasteiger partial charge < -0.3 is 10.6 Å². The lowest BCUT2D eigenvalue weighted by Gasteiger charge is -2.30. The number of hydrogen-bond donors (Lipinski definition) is 1. The molecule has 1 heterocycles. The van der Waals surface area contributed by atoms with E-state index < -0.39 is 0 Å². The molecular weight excluding hydrogens is 208 g/mol. The standard InChI is InChI=1S/C15H24N2/c1-4-13-7-5-6-11(2)15(13)17-9-8-14(10-16)12(17)3/h5-7,12,14H,4,8-10,16H2,1-3H3. The van der Waals surface area contributed by atoms with Crippen LogP contribution in [-0.2, 0) is 6.42 Å². The second kappa shape index (κ2) is 5.09. The molecule has 0 aliphatic carbocycles. The predicted octanol–water partition coefficient (Wildman–Crippen LogP) is 2.73. The summed E-state index contributed by atoms with van der Waals surface area (Å²) in [6, 6.07) is 7.21. The molecule has 1 aliphatic heterocycles. The van der Waals surface area contributed by atoms with Crippen molar-refractivity contribution in [3.8, 4) is 0 Å². The van der Waals surface area contributed by atoms with Gasteiger partial charge in [0.15, 0.2) is 0 Å². The fraction of sp³-hybridized carbons (Fsp3) is 0.600. The van der Waals surface area contributed by atoms with Crippen LogP contribution in [0.15, 0.2) is 18.2 Å². The Hall–Kier alpha value is -1.02. The Morgan fingerprint density at radius 2 is 2.18 bits per heavy atom. The van der Waals surface area contributed by atoms with Gasteiger partial charge in [-0.2, -0.15) is 0 Å². The molecule has 94 valence electrons. The van der Waals surface area contributed by atoms with E-state index in [0.29, 0.717) is 12.0 Å². The highest BCUT2D eigenvalue weighted by Gasteiger charge is 2.31. The minimum atomic E-state index is 0.575. The lowest BCUT2D eigenvalue weighted by atomic mass is 10.0. The van der Waals surface area contributed by atoms with Gasteiger partial charge in [-0.05, 0) is 50.3 Å². The summed E-state index contributed by atoms with van der Waals surface area (Å²) in [4.78, 5) is 2.56. The molecule has 2 nitrogen and oxygen atoms in total. The molecule has 1 aromatic rings. The molecule has 1 aliphatic rings. The summed E-state index contributed by atoms with van der Waals surface area (Å²) in [6.45, 7) is 8.73. The van der Waals surface area contributed by atoms with Crippen molar-refractivity contribution in [2.75, 3.05) is 18.0 Å². The molecular formula is C15H24N2. The molecule has 2 heteroatoms. The van der Waals surface area contributed by atoms with Crippen LogP contribution in [0.1, 0.15) is 31.4 Å². The first-order chi connectivity index (χ1) is 8.19. The quantitative estimate of drug-likeness (QED) is 0.868. The van der Waals surface area contributed by atoms with Crippen LogP contribution in [0.3, 0.4) is 0 Å². The lowest BCUT2D eigenvalue weighted by Crippen LogP contribution is -2.33. The highest BCUT2D eigenvalue weighted by Crippen LogP contribution is 2.34. The van der Waals surface area contributed by atoms with E-state index >= 15 is 0 Å². The van der Waals surface area contributed by atoms with E-state index in [1.54, 1.807) is 0 Å². The molecule has 0 spiro atoms. The van der Waals surface area contributed by atoms with Crippen LogP contribution >= 0.6 is 0 Å². The van der Waals surface area contributed by atoms with Crippen molar-refractivity contribution in [3.63, 3.8) is 0 Å². The van der Waals surface area contributed by atoms with Gasteiger partial charge in [0.05, 0.1) is 0 Å². The molecule has 2 atom stereocenters. The van der Waals surface area contributed by atoms with E-state index in [1.165, 1.54) is 23.2 Å². The number of nitrogens with two attached hydrogens (primary N) is 1. The average molecular weight is 232 g/mol. The van der Waals surface area contributed by atoms with Crippen LogP contribution in [0.4, 0.5) is 5.69 Å². The van der Waals surface area contributed by atoms with Gasteiger partial charge >= 0.3 is 0 Å². The smallest absolute Gasteiger partial charge is 0.0430 e. The van der Waals surface area contributed by atoms with Crippen molar-refractivity contribution in [2.45, 2.75) is 39.7 Å². The van der Waals surface area contributed by atoms with E-state index in [1.807, 2.05) is 0 Å². The molecule has 1 saturated heterocycles. The lowest BCUT2D eigenvalue weighted by molar-refractivity contribution is 0.508. The SMILES string of the molecule is CCc1cccc(C)c1N1CCC(CN)C1C. The summed E-state index contributed by atoms with van der Waals surface area (Å²) in [7, 11) is 0. The normalized spacial score (nSPS) is 24.4. The van der Waals surface area contributed by atoms with Crippen molar-refractivity contribution in [1.82, 2.24) is 0 Å². The Morgan fingerprint density at radius 1 is 1.41 bits per heavy atom. The largest absolute Gasteiger partial charge is 0.368 e. The van der Waals surface area contributed by atoms with Gasteiger partial charge in [-0.3, -0.25) is 0 Å².